The van der Waals surface area contributed by atoms with Crippen LogP contribution in [0.1, 0.15) is 36.1 Å². The van der Waals surface area contributed by atoms with E-state index in [2.05, 4.69) is 10.1 Å². The first-order valence-corrected chi connectivity index (χ1v) is 10.0. The lowest BCUT2D eigenvalue weighted by atomic mass is 10.2. The Morgan fingerprint density at radius 3 is 2.50 bits per heavy atom. The molecule has 6 nitrogen and oxygen atoms in total. The lowest BCUT2D eigenvalue weighted by Crippen LogP contribution is -2.48. The summed E-state index contributed by atoms with van der Waals surface area (Å²) in [6, 6.07) is 4.16. The Labute approximate surface area is 165 Å². The van der Waals surface area contributed by atoms with Crippen molar-refractivity contribution in [3.05, 3.63) is 41.2 Å². The number of hydrogen-bond acceptors (Lipinski definition) is 5. The Morgan fingerprint density at radius 1 is 1.14 bits per heavy atom. The van der Waals surface area contributed by atoms with Crippen molar-refractivity contribution in [1.29, 1.82) is 0 Å². The van der Waals surface area contributed by atoms with Crippen LogP contribution in [0.2, 0.25) is 0 Å². The van der Waals surface area contributed by atoms with Gasteiger partial charge in [0.25, 0.3) is 5.91 Å². The molecule has 4 rings (SSSR count). The molecule has 0 radical (unpaired) electrons. The molecule has 3 aromatic rings. The number of anilines is 1. The van der Waals surface area contributed by atoms with Crippen molar-refractivity contribution >= 4 is 32.6 Å². The summed E-state index contributed by atoms with van der Waals surface area (Å²) < 4.78 is 29.6. The number of halogens is 2. The van der Waals surface area contributed by atoms with Gasteiger partial charge in [0.2, 0.25) is 0 Å². The van der Waals surface area contributed by atoms with E-state index in [4.69, 9.17) is 0 Å². The van der Waals surface area contributed by atoms with Crippen molar-refractivity contribution in [3.8, 4) is 0 Å². The fourth-order valence-electron chi connectivity index (χ4n) is 3.46. The van der Waals surface area contributed by atoms with Crippen LogP contribution in [0.4, 0.5) is 13.9 Å². The molecule has 0 unspecified atom stereocenters. The van der Waals surface area contributed by atoms with Crippen LogP contribution >= 0.6 is 11.3 Å². The molecule has 1 fully saturated rings. The number of hydrogen-bond donors (Lipinski definition) is 0. The number of nitrogens with zero attached hydrogens (tertiary/aromatic N) is 5. The molecule has 0 saturated carbocycles. The van der Waals surface area contributed by atoms with Gasteiger partial charge in [-0.1, -0.05) is 11.3 Å². The number of amides is 1. The molecular formula is C19H21F2N5OS. The summed E-state index contributed by atoms with van der Waals surface area (Å²) in [6.45, 7) is 8.22. The third-order valence-corrected chi connectivity index (χ3v) is 5.93. The standard InChI is InChI=1S/C19H21F2N5OS/c1-11(2)26-12(3)8-15(23-26)18(27)24-4-6-25(7-5-24)19-22-17-14(21)9-13(20)10-16(17)28-19/h8-11H,4-7H2,1-3H3. The van der Waals surface area contributed by atoms with Gasteiger partial charge in [-0.05, 0) is 32.9 Å². The number of rotatable bonds is 3. The lowest BCUT2D eigenvalue weighted by Gasteiger charge is -2.34. The predicted molar refractivity (Wildman–Crippen MR) is 105 cm³/mol. The normalized spacial score (nSPS) is 15.1. The molecule has 2 aromatic heterocycles. The average Bonchev–Trinajstić information content (AvgIpc) is 3.25. The SMILES string of the molecule is Cc1cc(C(=O)N2CCN(c3nc4c(F)cc(F)cc4s3)CC2)nn1C(C)C. The average molecular weight is 405 g/mol. The van der Waals surface area contributed by atoms with Gasteiger partial charge in [0.05, 0.1) is 4.70 Å². The van der Waals surface area contributed by atoms with Gasteiger partial charge in [-0.25, -0.2) is 13.8 Å². The molecule has 0 bridgehead atoms. The Bertz CT molecular complexity index is 1040. The van der Waals surface area contributed by atoms with Crippen LogP contribution in [-0.4, -0.2) is 51.8 Å². The minimum atomic E-state index is -0.651. The van der Waals surface area contributed by atoms with Crippen molar-refractivity contribution in [2.75, 3.05) is 31.1 Å². The van der Waals surface area contributed by atoms with Crippen molar-refractivity contribution in [2.24, 2.45) is 0 Å². The highest BCUT2D eigenvalue weighted by Gasteiger charge is 2.26. The molecule has 28 heavy (non-hydrogen) atoms. The maximum Gasteiger partial charge on any atom is 0.274 e. The second-order valence-corrected chi connectivity index (χ2v) is 8.23. The zero-order valence-corrected chi connectivity index (χ0v) is 16.8. The Morgan fingerprint density at radius 2 is 1.86 bits per heavy atom. The molecule has 9 heteroatoms. The van der Waals surface area contributed by atoms with Gasteiger partial charge in [-0.2, -0.15) is 5.10 Å². The smallest absolute Gasteiger partial charge is 0.274 e. The highest BCUT2D eigenvalue weighted by molar-refractivity contribution is 7.22. The van der Waals surface area contributed by atoms with Crippen molar-refractivity contribution < 1.29 is 13.6 Å². The minimum absolute atomic E-state index is 0.0837. The van der Waals surface area contributed by atoms with Gasteiger partial charge >= 0.3 is 0 Å². The molecule has 1 saturated heterocycles. The van der Waals surface area contributed by atoms with Crippen LogP contribution < -0.4 is 4.90 Å². The quantitative estimate of drug-likeness (QED) is 0.668. The Balaban J connectivity index is 1.47. The summed E-state index contributed by atoms with van der Waals surface area (Å²) >= 11 is 1.26. The monoisotopic (exact) mass is 405 g/mol. The topological polar surface area (TPSA) is 54.3 Å². The van der Waals surface area contributed by atoms with Gasteiger partial charge < -0.3 is 9.80 Å². The molecule has 148 valence electrons. The highest BCUT2D eigenvalue weighted by atomic mass is 32.1. The van der Waals surface area contributed by atoms with E-state index >= 15 is 0 Å². The maximum absolute atomic E-state index is 13.9. The van der Waals surface area contributed by atoms with Gasteiger partial charge in [0, 0.05) is 44.0 Å². The number of carbonyl (C=O) groups excluding carboxylic acids is 1. The fraction of sp³-hybridized carbons (Fsp3) is 0.421. The highest BCUT2D eigenvalue weighted by Crippen LogP contribution is 2.31. The van der Waals surface area contributed by atoms with Gasteiger partial charge in [-0.15, -0.1) is 0 Å². The summed E-state index contributed by atoms with van der Waals surface area (Å²) in [5, 5.41) is 5.08. The number of benzene rings is 1. The van der Waals surface area contributed by atoms with Crippen LogP contribution in [0.5, 0.6) is 0 Å². The maximum atomic E-state index is 13.9. The number of aryl methyl sites for hydroxylation is 1. The second-order valence-electron chi connectivity index (χ2n) is 7.22. The fourth-order valence-corrected chi connectivity index (χ4v) is 4.52. The van der Waals surface area contributed by atoms with E-state index in [1.54, 1.807) is 4.90 Å². The first kappa shape index (κ1) is 18.8. The molecule has 0 atom stereocenters. The van der Waals surface area contributed by atoms with E-state index in [9.17, 15) is 13.6 Å². The first-order chi connectivity index (χ1) is 13.3. The largest absolute Gasteiger partial charge is 0.345 e. The Hall–Kier alpha value is -2.55. The van der Waals surface area contributed by atoms with Gasteiger partial charge in [0.1, 0.15) is 11.3 Å². The number of aromatic nitrogens is 3. The van der Waals surface area contributed by atoms with Crippen molar-refractivity contribution in [1.82, 2.24) is 19.7 Å². The third kappa shape index (κ3) is 3.34. The van der Waals surface area contributed by atoms with Crippen LogP contribution in [0.25, 0.3) is 10.2 Å². The summed E-state index contributed by atoms with van der Waals surface area (Å²) in [4.78, 5) is 20.9. The zero-order chi connectivity index (χ0) is 20.0. The summed E-state index contributed by atoms with van der Waals surface area (Å²) in [5.41, 5.74) is 1.60. The second kappa shape index (κ2) is 7.12. The van der Waals surface area contributed by atoms with E-state index in [-0.39, 0.29) is 17.5 Å². The predicted octanol–water partition coefficient (Wildman–Crippen LogP) is 3.62. The number of piperazine rings is 1. The first-order valence-electron chi connectivity index (χ1n) is 9.19. The molecule has 1 aliphatic heterocycles. The van der Waals surface area contributed by atoms with E-state index in [1.165, 1.54) is 17.4 Å². The van der Waals surface area contributed by atoms with Gasteiger partial charge in [0.15, 0.2) is 16.6 Å². The molecule has 0 aliphatic carbocycles. The van der Waals surface area contributed by atoms with Crippen LogP contribution in [0.15, 0.2) is 18.2 Å². The molecule has 0 N–H and O–H groups in total. The van der Waals surface area contributed by atoms with E-state index in [0.717, 1.165) is 11.8 Å². The van der Waals surface area contributed by atoms with Crippen LogP contribution in [0, 0.1) is 18.6 Å². The van der Waals surface area contributed by atoms with E-state index < -0.39 is 11.6 Å². The number of thiazole rings is 1. The van der Waals surface area contributed by atoms with E-state index in [1.807, 2.05) is 36.4 Å². The molecule has 1 amide bonds. The lowest BCUT2D eigenvalue weighted by molar-refractivity contribution is 0.0739. The van der Waals surface area contributed by atoms with Crippen molar-refractivity contribution in [3.63, 3.8) is 0 Å². The molecule has 0 spiro atoms. The Kier molecular flexibility index (Phi) is 4.78. The van der Waals surface area contributed by atoms with Gasteiger partial charge in [-0.3, -0.25) is 9.48 Å². The summed E-state index contributed by atoms with van der Waals surface area (Å²) in [6.07, 6.45) is 0. The minimum Gasteiger partial charge on any atom is -0.345 e. The summed E-state index contributed by atoms with van der Waals surface area (Å²) in [5.74, 6) is -1.34. The molecule has 1 aromatic carbocycles. The van der Waals surface area contributed by atoms with Crippen LogP contribution in [-0.2, 0) is 0 Å². The molecule has 3 heterocycles. The summed E-state index contributed by atoms with van der Waals surface area (Å²) in [7, 11) is 0. The van der Waals surface area contributed by atoms with Crippen molar-refractivity contribution in [2.45, 2.75) is 26.8 Å². The van der Waals surface area contributed by atoms with E-state index in [0.29, 0.717) is 41.7 Å². The zero-order valence-electron chi connectivity index (χ0n) is 15.9. The van der Waals surface area contributed by atoms with Crippen LogP contribution in [0.3, 0.4) is 0 Å². The number of carbonyl (C=O) groups is 1. The number of fused-ring (bicyclic) bond motifs is 1. The third-order valence-electron chi connectivity index (χ3n) is 4.87. The molecule has 1 aliphatic rings. The molecular weight excluding hydrogens is 384 g/mol.